The van der Waals surface area contributed by atoms with Gasteiger partial charge in [0.05, 0.1) is 0 Å². The summed E-state index contributed by atoms with van der Waals surface area (Å²) in [6.45, 7) is 1.57. The van der Waals surface area contributed by atoms with E-state index in [0.29, 0.717) is 5.69 Å². The molecular formula is C6H12N4O2S. The fourth-order valence-electron chi connectivity index (χ4n) is 0.887. The van der Waals surface area contributed by atoms with Gasteiger partial charge in [0.25, 0.3) is 0 Å². The molecule has 0 radical (unpaired) electrons. The highest BCUT2D eigenvalue weighted by Crippen LogP contribution is 2.16. The number of rotatable bonds is 3. The summed E-state index contributed by atoms with van der Waals surface area (Å²) in [7, 11) is -0.237. The van der Waals surface area contributed by atoms with Crippen molar-refractivity contribution in [3.8, 4) is 0 Å². The first kappa shape index (κ1) is 10.1. The summed E-state index contributed by atoms with van der Waals surface area (Å²) in [5.74, 6) is 0. The maximum atomic E-state index is 11.3. The van der Waals surface area contributed by atoms with Crippen LogP contribution in [0, 0.1) is 0 Å². The van der Waals surface area contributed by atoms with Crippen molar-refractivity contribution in [2.24, 2.45) is 7.05 Å². The van der Waals surface area contributed by atoms with E-state index in [1.807, 2.05) is 0 Å². The normalized spacial score (nSPS) is 14.4. The van der Waals surface area contributed by atoms with Crippen LogP contribution in [0.5, 0.6) is 0 Å². The summed E-state index contributed by atoms with van der Waals surface area (Å²) in [6.07, 6.45) is 1.58. The Bertz CT molecular complexity index is 383. The van der Waals surface area contributed by atoms with Crippen LogP contribution in [0.2, 0.25) is 0 Å². The standard InChI is InChI=1S/C6H12N4O2S/c1-5(13(11,12)7-2)6-4-10(3)9-8-6/h4-5,7H,1-3H3. The molecule has 0 aliphatic carbocycles. The zero-order valence-corrected chi connectivity index (χ0v) is 8.54. The van der Waals surface area contributed by atoms with Gasteiger partial charge in [0.2, 0.25) is 10.0 Å². The Morgan fingerprint density at radius 3 is 2.62 bits per heavy atom. The molecule has 1 atom stereocenters. The molecule has 1 unspecified atom stereocenters. The van der Waals surface area contributed by atoms with Gasteiger partial charge < -0.3 is 0 Å². The van der Waals surface area contributed by atoms with Crippen LogP contribution in [-0.4, -0.2) is 30.5 Å². The summed E-state index contributed by atoms with van der Waals surface area (Å²) >= 11 is 0. The van der Waals surface area contributed by atoms with Crippen molar-refractivity contribution in [1.82, 2.24) is 19.7 Å². The second-order valence-electron chi connectivity index (χ2n) is 2.71. The molecule has 0 amide bonds. The summed E-state index contributed by atoms with van der Waals surface area (Å²) < 4.78 is 26.4. The lowest BCUT2D eigenvalue weighted by Crippen LogP contribution is -2.24. The maximum absolute atomic E-state index is 11.3. The van der Waals surface area contributed by atoms with Crippen molar-refractivity contribution < 1.29 is 8.42 Å². The van der Waals surface area contributed by atoms with Crippen LogP contribution >= 0.6 is 0 Å². The third-order valence-corrected chi connectivity index (χ3v) is 3.53. The number of hydrogen-bond acceptors (Lipinski definition) is 4. The van der Waals surface area contributed by atoms with E-state index in [0.717, 1.165) is 0 Å². The van der Waals surface area contributed by atoms with E-state index in [9.17, 15) is 8.42 Å². The van der Waals surface area contributed by atoms with Crippen LogP contribution in [0.3, 0.4) is 0 Å². The van der Waals surface area contributed by atoms with Gasteiger partial charge in [0.1, 0.15) is 10.9 Å². The lowest BCUT2D eigenvalue weighted by molar-refractivity contribution is 0.576. The molecule has 7 heteroatoms. The minimum absolute atomic E-state index is 0.442. The fourth-order valence-corrected chi connectivity index (χ4v) is 1.67. The van der Waals surface area contributed by atoms with E-state index >= 15 is 0 Å². The van der Waals surface area contributed by atoms with Crippen LogP contribution in [0.4, 0.5) is 0 Å². The Balaban J connectivity index is 2.98. The van der Waals surface area contributed by atoms with E-state index in [4.69, 9.17) is 0 Å². The van der Waals surface area contributed by atoms with Crippen molar-refractivity contribution in [3.05, 3.63) is 11.9 Å². The van der Waals surface area contributed by atoms with Gasteiger partial charge >= 0.3 is 0 Å². The van der Waals surface area contributed by atoms with Gasteiger partial charge in [-0.1, -0.05) is 5.21 Å². The van der Waals surface area contributed by atoms with Crippen LogP contribution in [-0.2, 0) is 17.1 Å². The average molecular weight is 204 g/mol. The van der Waals surface area contributed by atoms with Crippen LogP contribution < -0.4 is 4.72 Å². The highest BCUT2D eigenvalue weighted by Gasteiger charge is 2.23. The SMILES string of the molecule is CNS(=O)(=O)C(C)c1cn(C)nn1. The van der Waals surface area contributed by atoms with E-state index in [1.54, 1.807) is 20.2 Å². The maximum Gasteiger partial charge on any atom is 0.219 e. The summed E-state index contributed by atoms with van der Waals surface area (Å²) in [4.78, 5) is 0. The zero-order chi connectivity index (χ0) is 10.1. The van der Waals surface area contributed by atoms with Gasteiger partial charge in [-0.15, -0.1) is 5.10 Å². The molecule has 13 heavy (non-hydrogen) atoms. The Hall–Kier alpha value is -0.950. The molecule has 1 rings (SSSR count). The molecule has 1 heterocycles. The highest BCUT2D eigenvalue weighted by atomic mass is 32.2. The number of nitrogens with zero attached hydrogens (tertiary/aromatic N) is 3. The largest absolute Gasteiger partial charge is 0.255 e. The molecule has 0 aliphatic heterocycles. The number of hydrogen-bond donors (Lipinski definition) is 1. The molecule has 6 nitrogen and oxygen atoms in total. The van der Waals surface area contributed by atoms with Crippen molar-refractivity contribution in [2.75, 3.05) is 7.05 Å². The van der Waals surface area contributed by atoms with Crippen molar-refractivity contribution in [1.29, 1.82) is 0 Å². The Morgan fingerprint density at radius 2 is 2.23 bits per heavy atom. The van der Waals surface area contributed by atoms with Crippen molar-refractivity contribution in [3.63, 3.8) is 0 Å². The Labute approximate surface area is 77.0 Å². The van der Waals surface area contributed by atoms with Crippen molar-refractivity contribution >= 4 is 10.0 Å². The van der Waals surface area contributed by atoms with E-state index in [2.05, 4.69) is 15.0 Å². The molecule has 74 valence electrons. The molecule has 1 N–H and O–H groups in total. The molecule has 0 bridgehead atoms. The first-order valence-corrected chi connectivity index (χ1v) is 5.30. The second kappa shape index (κ2) is 3.43. The monoisotopic (exact) mass is 204 g/mol. The molecule has 0 saturated heterocycles. The number of sulfonamides is 1. The molecule has 0 spiro atoms. The number of aryl methyl sites for hydroxylation is 1. The van der Waals surface area contributed by atoms with Crippen molar-refractivity contribution in [2.45, 2.75) is 12.2 Å². The topological polar surface area (TPSA) is 76.9 Å². The van der Waals surface area contributed by atoms with Gasteiger partial charge in [0.15, 0.2) is 0 Å². The van der Waals surface area contributed by atoms with Gasteiger partial charge in [-0.05, 0) is 14.0 Å². The molecule has 0 saturated carbocycles. The lowest BCUT2D eigenvalue weighted by atomic mass is 10.4. The fraction of sp³-hybridized carbons (Fsp3) is 0.667. The highest BCUT2D eigenvalue weighted by molar-refractivity contribution is 7.89. The summed E-state index contributed by atoms with van der Waals surface area (Å²) in [6, 6.07) is 0. The molecule has 0 aliphatic rings. The molecule has 1 aromatic rings. The van der Waals surface area contributed by atoms with Crippen LogP contribution in [0.15, 0.2) is 6.20 Å². The molecule has 0 aromatic carbocycles. The van der Waals surface area contributed by atoms with Gasteiger partial charge in [-0.25, -0.2) is 13.1 Å². The number of aromatic nitrogens is 3. The first-order valence-electron chi connectivity index (χ1n) is 3.76. The van der Waals surface area contributed by atoms with Gasteiger partial charge in [-0.2, -0.15) is 0 Å². The zero-order valence-electron chi connectivity index (χ0n) is 7.72. The summed E-state index contributed by atoms with van der Waals surface area (Å²) in [5.41, 5.74) is 0.442. The number of nitrogens with one attached hydrogen (secondary N) is 1. The lowest BCUT2D eigenvalue weighted by Gasteiger charge is -2.07. The van der Waals surface area contributed by atoms with E-state index < -0.39 is 15.3 Å². The van der Waals surface area contributed by atoms with E-state index in [-0.39, 0.29) is 0 Å². The minimum Gasteiger partial charge on any atom is -0.255 e. The van der Waals surface area contributed by atoms with Crippen LogP contribution in [0.25, 0.3) is 0 Å². The predicted octanol–water partition coefficient (Wildman–Crippen LogP) is -0.575. The molecule has 0 fully saturated rings. The van der Waals surface area contributed by atoms with Gasteiger partial charge in [-0.3, -0.25) is 4.68 Å². The predicted molar refractivity (Wildman–Crippen MR) is 47.4 cm³/mol. The Morgan fingerprint density at radius 1 is 1.62 bits per heavy atom. The summed E-state index contributed by atoms with van der Waals surface area (Å²) in [5, 5.41) is 6.71. The molecule has 1 aromatic heterocycles. The average Bonchev–Trinajstić information content (AvgIpc) is 2.50. The third kappa shape index (κ3) is 2.04. The Kier molecular flexibility index (Phi) is 2.67. The third-order valence-electron chi connectivity index (χ3n) is 1.79. The first-order chi connectivity index (χ1) is 5.97. The quantitative estimate of drug-likeness (QED) is 0.715. The van der Waals surface area contributed by atoms with Gasteiger partial charge in [0, 0.05) is 13.2 Å². The minimum atomic E-state index is -3.30. The second-order valence-corrected chi connectivity index (χ2v) is 4.91. The smallest absolute Gasteiger partial charge is 0.219 e. The molecular weight excluding hydrogens is 192 g/mol. The van der Waals surface area contributed by atoms with Crippen LogP contribution in [0.1, 0.15) is 17.9 Å². The van der Waals surface area contributed by atoms with E-state index in [1.165, 1.54) is 11.7 Å².